The van der Waals surface area contributed by atoms with E-state index >= 15 is 0 Å². The average molecular weight is 191 g/mol. The highest BCUT2D eigenvalue weighted by atomic mass is 16.6. The molecule has 1 aromatic rings. The Kier molecular flexibility index (Phi) is 2.04. The van der Waals surface area contributed by atoms with Gasteiger partial charge >= 0.3 is 5.97 Å². The zero-order valence-corrected chi connectivity index (χ0v) is 8.07. The van der Waals surface area contributed by atoms with Crippen molar-refractivity contribution in [3.63, 3.8) is 0 Å². The standard InChI is InChI=1S/C11H13NO2/c1-8-7-11(8,12)14-10(13)9-5-3-2-4-6-9/h2-6,8H,7,12H2,1H3. The normalized spacial score (nSPS) is 29.7. The zero-order chi connectivity index (χ0) is 10.2. The molecular weight excluding hydrogens is 178 g/mol. The van der Waals surface area contributed by atoms with Crippen molar-refractivity contribution in [3.8, 4) is 0 Å². The molecule has 2 rings (SSSR count). The zero-order valence-electron chi connectivity index (χ0n) is 8.07. The fraction of sp³-hybridized carbons (Fsp3) is 0.364. The number of rotatable bonds is 2. The lowest BCUT2D eigenvalue weighted by atomic mass is 10.2. The Bertz CT molecular complexity index is 350. The maximum absolute atomic E-state index is 11.5. The summed E-state index contributed by atoms with van der Waals surface area (Å²) in [6.45, 7) is 1.97. The second-order valence-electron chi connectivity index (χ2n) is 3.82. The molecule has 0 saturated heterocycles. The molecule has 74 valence electrons. The van der Waals surface area contributed by atoms with Gasteiger partial charge < -0.3 is 4.74 Å². The monoisotopic (exact) mass is 191 g/mol. The van der Waals surface area contributed by atoms with Crippen molar-refractivity contribution in [2.45, 2.75) is 19.1 Å². The minimum atomic E-state index is -0.715. The predicted octanol–water partition coefficient (Wildman–Crippen LogP) is 1.54. The summed E-state index contributed by atoms with van der Waals surface area (Å²) in [5.41, 5.74) is 5.62. The van der Waals surface area contributed by atoms with Crippen LogP contribution in [0.25, 0.3) is 0 Å². The van der Waals surface area contributed by atoms with Crippen molar-refractivity contribution in [1.29, 1.82) is 0 Å². The van der Waals surface area contributed by atoms with Crippen LogP contribution in [-0.4, -0.2) is 11.7 Å². The highest BCUT2D eigenvalue weighted by molar-refractivity contribution is 5.89. The van der Waals surface area contributed by atoms with E-state index in [4.69, 9.17) is 10.5 Å². The first kappa shape index (κ1) is 9.21. The number of hydrogen-bond donors (Lipinski definition) is 1. The van der Waals surface area contributed by atoms with Gasteiger partial charge in [-0.1, -0.05) is 25.1 Å². The summed E-state index contributed by atoms with van der Waals surface area (Å²) in [5, 5.41) is 0. The van der Waals surface area contributed by atoms with E-state index in [1.165, 1.54) is 0 Å². The first-order valence-electron chi connectivity index (χ1n) is 4.69. The van der Waals surface area contributed by atoms with Gasteiger partial charge in [-0.2, -0.15) is 0 Å². The fourth-order valence-electron chi connectivity index (χ4n) is 1.37. The third-order valence-electron chi connectivity index (χ3n) is 2.59. The Hall–Kier alpha value is -1.35. The van der Waals surface area contributed by atoms with Crippen molar-refractivity contribution in [2.75, 3.05) is 0 Å². The van der Waals surface area contributed by atoms with Crippen LogP contribution in [0, 0.1) is 5.92 Å². The molecule has 0 aromatic heterocycles. The molecule has 2 atom stereocenters. The van der Waals surface area contributed by atoms with Crippen LogP contribution < -0.4 is 5.73 Å². The van der Waals surface area contributed by atoms with E-state index in [0.717, 1.165) is 6.42 Å². The molecule has 14 heavy (non-hydrogen) atoms. The van der Waals surface area contributed by atoms with E-state index in [1.54, 1.807) is 24.3 Å². The SMILES string of the molecule is CC1CC1(N)OC(=O)c1ccccc1. The van der Waals surface area contributed by atoms with Crippen molar-refractivity contribution in [3.05, 3.63) is 35.9 Å². The maximum atomic E-state index is 11.5. The van der Waals surface area contributed by atoms with Gasteiger partial charge in [0.25, 0.3) is 0 Å². The molecule has 0 spiro atoms. The summed E-state index contributed by atoms with van der Waals surface area (Å²) in [6, 6.07) is 8.90. The summed E-state index contributed by atoms with van der Waals surface area (Å²) < 4.78 is 5.19. The van der Waals surface area contributed by atoms with Crippen LogP contribution in [0.5, 0.6) is 0 Å². The largest absolute Gasteiger partial charge is 0.440 e. The Labute approximate surface area is 82.9 Å². The van der Waals surface area contributed by atoms with Gasteiger partial charge in [0.05, 0.1) is 5.56 Å². The first-order valence-corrected chi connectivity index (χ1v) is 4.69. The topological polar surface area (TPSA) is 52.3 Å². The molecule has 1 aliphatic rings. The smallest absolute Gasteiger partial charge is 0.339 e. The van der Waals surface area contributed by atoms with Crippen LogP contribution in [0.3, 0.4) is 0 Å². The Balaban J connectivity index is 2.04. The number of benzene rings is 1. The van der Waals surface area contributed by atoms with E-state index in [1.807, 2.05) is 13.0 Å². The van der Waals surface area contributed by atoms with Gasteiger partial charge in [-0.3, -0.25) is 5.73 Å². The molecular formula is C11H13NO2. The Morgan fingerprint density at radius 2 is 2.07 bits per heavy atom. The van der Waals surface area contributed by atoms with Crippen molar-refractivity contribution < 1.29 is 9.53 Å². The van der Waals surface area contributed by atoms with Gasteiger partial charge in [0.1, 0.15) is 0 Å². The molecule has 0 heterocycles. The van der Waals surface area contributed by atoms with Gasteiger partial charge in [-0.25, -0.2) is 4.79 Å². The predicted molar refractivity (Wildman–Crippen MR) is 52.6 cm³/mol. The van der Waals surface area contributed by atoms with Gasteiger partial charge in [0.15, 0.2) is 5.72 Å². The van der Waals surface area contributed by atoms with Crippen LogP contribution >= 0.6 is 0 Å². The molecule has 1 aromatic carbocycles. The van der Waals surface area contributed by atoms with Gasteiger partial charge in [0.2, 0.25) is 0 Å². The maximum Gasteiger partial charge on any atom is 0.339 e. The molecule has 0 radical (unpaired) electrons. The second-order valence-corrected chi connectivity index (χ2v) is 3.82. The average Bonchev–Trinajstić information content (AvgIpc) is 2.75. The number of carbonyl (C=O) groups is 1. The summed E-state index contributed by atoms with van der Waals surface area (Å²) in [6.07, 6.45) is 0.756. The molecule has 2 N–H and O–H groups in total. The van der Waals surface area contributed by atoms with Gasteiger partial charge in [-0.15, -0.1) is 0 Å². The van der Waals surface area contributed by atoms with Gasteiger partial charge in [-0.05, 0) is 12.1 Å². The quantitative estimate of drug-likeness (QED) is 0.569. The summed E-state index contributed by atoms with van der Waals surface area (Å²) in [7, 11) is 0. The number of hydrogen-bond acceptors (Lipinski definition) is 3. The molecule has 1 aliphatic carbocycles. The number of esters is 1. The lowest BCUT2D eigenvalue weighted by Crippen LogP contribution is -2.31. The second kappa shape index (κ2) is 3.10. The lowest BCUT2D eigenvalue weighted by Gasteiger charge is -2.11. The van der Waals surface area contributed by atoms with Crippen molar-refractivity contribution >= 4 is 5.97 Å². The van der Waals surface area contributed by atoms with Crippen LogP contribution in [0.15, 0.2) is 30.3 Å². The van der Waals surface area contributed by atoms with E-state index in [-0.39, 0.29) is 11.9 Å². The summed E-state index contributed by atoms with van der Waals surface area (Å²) >= 11 is 0. The molecule has 0 bridgehead atoms. The molecule has 1 saturated carbocycles. The highest BCUT2D eigenvalue weighted by Gasteiger charge is 2.51. The Morgan fingerprint density at radius 3 is 2.57 bits per heavy atom. The first-order chi connectivity index (χ1) is 6.62. The lowest BCUT2D eigenvalue weighted by molar-refractivity contribution is 0.0203. The molecule has 0 aliphatic heterocycles. The van der Waals surface area contributed by atoms with E-state index in [9.17, 15) is 4.79 Å². The van der Waals surface area contributed by atoms with E-state index in [0.29, 0.717) is 5.56 Å². The minimum absolute atomic E-state index is 0.273. The van der Waals surface area contributed by atoms with Crippen LogP contribution in [0.1, 0.15) is 23.7 Å². The number of carbonyl (C=O) groups excluding carboxylic acids is 1. The van der Waals surface area contributed by atoms with Crippen molar-refractivity contribution in [2.24, 2.45) is 11.7 Å². The summed E-state index contributed by atoms with van der Waals surface area (Å²) in [4.78, 5) is 11.5. The van der Waals surface area contributed by atoms with E-state index < -0.39 is 5.72 Å². The van der Waals surface area contributed by atoms with Gasteiger partial charge in [0, 0.05) is 12.3 Å². The molecule has 3 heteroatoms. The third-order valence-corrected chi connectivity index (χ3v) is 2.59. The molecule has 1 fully saturated rings. The summed E-state index contributed by atoms with van der Waals surface area (Å²) in [5.74, 6) is -0.0624. The van der Waals surface area contributed by atoms with Crippen LogP contribution in [0.2, 0.25) is 0 Å². The third kappa shape index (κ3) is 1.63. The van der Waals surface area contributed by atoms with Crippen LogP contribution in [0.4, 0.5) is 0 Å². The molecule has 3 nitrogen and oxygen atoms in total. The minimum Gasteiger partial charge on any atom is -0.440 e. The fourth-order valence-corrected chi connectivity index (χ4v) is 1.37. The molecule has 0 amide bonds. The number of nitrogens with two attached hydrogens (primary N) is 1. The number of ether oxygens (including phenoxy) is 1. The van der Waals surface area contributed by atoms with Crippen LogP contribution in [-0.2, 0) is 4.74 Å². The van der Waals surface area contributed by atoms with Crippen molar-refractivity contribution in [1.82, 2.24) is 0 Å². The molecule has 2 unspecified atom stereocenters. The highest BCUT2D eigenvalue weighted by Crippen LogP contribution is 2.41. The van der Waals surface area contributed by atoms with E-state index in [2.05, 4.69) is 0 Å². The Morgan fingerprint density at radius 1 is 1.50 bits per heavy atom.